The summed E-state index contributed by atoms with van der Waals surface area (Å²) in [7, 11) is 1.50. The van der Waals surface area contributed by atoms with Crippen molar-refractivity contribution in [1.82, 2.24) is 0 Å². The molecule has 1 rings (SSSR count). The van der Waals surface area contributed by atoms with Gasteiger partial charge in [-0.05, 0) is 24.6 Å². The second kappa shape index (κ2) is 4.11. The lowest BCUT2D eigenvalue weighted by molar-refractivity contribution is 0.122. The molecule has 72 valence electrons. The number of hydrogen-bond acceptors (Lipinski definition) is 4. The molecule has 1 aromatic rings. The molecule has 0 spiro atoms. The van der Waals surface area contributed by atoms with Gasteiger partial charge in [0.05, 0.1) is 13.7 Å². The lowest BCUT2D eigenvalue weighted by Crippen LogP contribution is -2.00. The van der Waals surface area contributed by atoms with E-state index in [1.807, 2.05) is 6.92 Å². The van der Waals surface area contributed by atoms with Crippen LogP contribution in [0.2, 0.25) is 0 Å². The first-order chi connectivity index (χ1) is 6.19. The number of phenolic OH excluding ortho intramolecular Hbond substituents is 1. The monoisotopic (exact) mass is 183 g/mol. The highest BCUT2D eigenvalue weighted by molar-refractivity contribution is 5.47. The maximum Gasteiger partial charge on any atom is 0.163 e. The van der Waals surface area contributed by atoms with Crippen LogP contribution in [0.1, 0.15) is 11.1 Å². The average molecular weight is 183 g/mol. The van der Waals surface area contributed by atoms with Gasteiger partial charge in [0.2, 0.25) is 0 Å². The van der Waals surface area contributed by atoms with Crippen LogP contribution in [0, 0.1) is 6.92 Å². The smallest absolute Gasteiger partial charge is 0.163 e. The van der Waals surface area contributed by atoms with Gasteiger partial charge in [0.25, 0.3) is 0 Å². The van der Waals surface area contributed by atoms with Crippen LogP contribution >= 0.6 is 0 Å². The summed E-state index contributed by atoms with van der Waals surface area (Å²) in [6.07, 6.45) is 0. The zero-order valence-electron chi connectivity index (χ0n) is 7.70. The van der Waals surface area contributed by atoms with Crippen molar-refractivity contribution >= 4 is 0 Å². The molecule has 4 nitrogen and oxygen atoms in total. The third-order valence-corrected chi connectivity index (χ3v) is 1.76. The topological polar surface area (TPSA) is 64.7 Å². The van der Waals surface area contributed by atoms with E-state index in [9.17, 15) is 5.11 Å². The number of hydrogen-bond donors (Lipinski definition) is 2. The first-order valence-corrected chi connectivity index (χ1v) is 3.87. The largest absolute Gasteiger partial charge is 0.504 e. The molecule has 0 aliphatic carbocycles. The molecule has 1 aromatic carbocycles. The molecule has 0 amide bonds. The third kappa shape index (κ3) is 2.11. The fourth-order valence-corrected chi connectivity index (χ4v) is 1.17. The van der Waals surface area contributed by atoms with Crippen LogP contribution in [-0.4, -0.2) is 12.2 Å². The first kappa shape index (κ1) is 9.83. The summed E-state index contributed by atoms with van der Waals surface area (Å²) in [6.45, 7) is 2.08. The van der Waals surface area contributed by atoms with Crippen LogP contribution < -0.4 is 10.6 Å². The average Bonchev–Trinajstić information content (AvgIpc) is 2.11. The van der Waals surface area contributed by atoms with Gasteiger partial charge in [-0.15, -0.1) is 0 Å². The fraction of sp³-hybridized carbons (Fsp3) is 0.333. The quantitative estimate of drug-likeness (QED) is 0.689. The predicted octanol–water partition coefficient (Wildman–Crippen LogP) is 1.10. The number of ether oxygens (including phenoxy) is 1. The molecule has 4 heteroatoms. The number of rotatable bonds is 3. The normalized spacial score (nSPS) is 10.1. The number of methoxy groups -OCH3 is 1. The Morgan fingerprint density at radius 3 is 2.69 bits per heavy atom. The fourth-order valence-electron chi connectivity index (χ4n) is 1.17. The molecule has 0 saturated heterocycles. The van der Waals surface area contributed by atoms with Crippen LogP contribution in [0.15, 0.2) is 12.1 Å². The van der Waals surface area contributed by atoms with E-state index < -0.39 is 0 Å². The summed E-state index contributed by atoms with van der Waals surface area (Å²) in [4.78, 5) is 4.45. The number of phenols is 1. The minimum atomic E-state index is 0.0820. The Bertz CT molecular complexity index is 299. The lowest BCUT2D eigenvalue weighted by Gasteiger charge is -2.09. The molecule has 0 aliphatic heterocycles. The second-order valence-electron chi connectivity index (χ2n) is 2.79. The maximum atomic E-state index is 9.58. The second-order valence-corrected chi connectivity index (χ2v) is 2.79. The molecule has 0 fully saturated rings. The van der Waals surface area contributed by atoms with Gasteiger partial charge < -0.3 is 9.84 Å². The minimum Gasteiger partial charge on any atom is -0.504 e. The third-order valence-electron chi connectivity index (χ3n) is 1.76. The predicted molar refractivity (Wildman–Crippen MR) is 48.4 cm³/mol. The molecule has 3 N–H and O–H groups in total. The van der Waals surface area contributed by atoms with Crippen molar-refractivity contribution in [3.8, 4) is 11.5 Å². The molecule has 0 aromatic heterocycles. The van der Waals surface area contributed by atoms with Gasteiger partial charge in [-0.3, -0.25) is 4.84 Å². The van der Waals surface area contributed by atoms with Crippen molar-refractivity contribution in [2.45, 2.75) is 13.5 Å². The maximum absolute atomic E-state index is 9.58. The highest BCUT2D eigenvalue weighted by Crippen LogP contribution is 2.31. The van der Waals surface area contributed by atoms with E-state index in [1.54, 1.807) is 12.1 Å². The molecular weight excluding hydrogens is 170 g/mol. The van der Waals surface area contributed by atoms with E-state index in [-0.39, 0.29) is 12.4 Å². The van der Waals surface area contributed by atoms with Gasteiger partial charge >= 0.3 is 0 Å². The number of aryl methyl sites for hydroxylation is 1. The number of nitrogens with two attached hydrogens (primary N) is 1. The van der Waals surface area contributed by atoms with Crippen molar-refractivity contribution in [3.63, 3.8) is 0 Å². The van der Waals surface area contributed by atoms with Crippen molar-refractivity contribution in [2.75, 3.05) is 7.11 Å². The summed E-state index contributed by atoms with van der Waals surface area (Å²) in [5, 5.41) is 9.58. The highest BCUT2D eigenvalue weighted by atomic mass is 16.6. The SMILES string of the molecule is COc1cc(C)cc(CON)c1O. The Morgan fingerprint density at radius 1 is 1.46 bits per heavy atom. The highest BCUT2D eigenvalue weighted by Gasteiger charge is 2.08. The van der Waals surface area contributed by atoms with Crippen LogP contribution in [-0.2, 0) is 11.4 Å². The van der Waals surface area contributed by atoms with Gasteiger partial charge in [-0.25, -0.2) is 5.90 Å². The molecule has 0 atom stereocenters. The van der Waals surface area contributed by atoms with Gasteiger partial charge in [-0.1, -0.05) is 0 Å². The summed E-state index contributed by atoms with van der Waals surface area (Å²) < 4.78 is 4.97. The zero-order valence-corrected chi connectivity index (χ0v) is 7.70. The zero-order chi connectivity index (χ0) is 9.84. The molecule has 0 aliphatic rings. The molecule has 13 heavy (non-hydrogen) atoms. The van der Waals surface area contributed by atoms with E-state index in [0.717, 1.165) is 5.56 Å². The Labute approximate surface area is 76.8 Å². The van der Waals surface area contributed by atoms with Crippen LogP contribution in [0.3, 0.4) is 0 Å². The Hall–Kier alpha value is -1.26. The van der Waals surface area contributed by atoms with E-state index in [1.165, 1.54) is 7.11 Å². The van der Waals surface area contributed by atoms with E-state index in [0.29, 0.717) is 11.3 Å². The van der Waals surface area contributed by atoms with Crippen molar-refractivity contribution in [2.24, 2.45) is 5.90 Å². The Balaban J connectivity index is 3.11. The summed E-state index contributed by atoms with van der Waals surface area (Å²) >= 11 is 0. The molecule has 0 heterocycles. The van der Waals surface area contributed by atoms with Crippen LogP contribution in [0.5, 0.6) is 11.5 Å². The molecule has 0 unspecified atom stereocenters. The summed E-state index contributed by atoms with van der Waals surface area (Å²) in [6, 6.07) is 3.54. The molecule has 0 bridgehead atoms. The number of aromatic hydroxyl groups is 1. The standard InChI is InChI=1S/C9H13NO3/c1-6-3-7(5-13-10)9(11)8(4-6)12-2/h3-4,11H,5,10H2,1-2H3. The van der Waals surface area contributed by atoms with Gasteiger partial charge in [0, 0.05) is 5.56 Å². The van der Waals surface area contributed by atoms with E-state index >= 15 is 0 Å². The Kier molecular flexibility index (Phi) is 3.11. The van der Waals surface area contributed by atoms with Gasteiger partial charge in [0.1, 0.15) is 0 Å². The lowest BCUT2D eigenvalue weighted by atomic mass is 10.1. The van der Waals surface area contributed by atoms with Crippen molar-refractivity contribution in [1.29, 1.82) is 0 Å². The van der Waals surface area contributed by atoms with Crippen LogP contribution in [0.4, 0.5) is 0 Å². The minimum absolute atomic E-state index is 0.0820. The van der Waals surface area contributed by atoms with Gasteiger partial charge in [-0.2, -0.15) is 0 Å². The van der Waals surface area contributed by atoms with Gasteiger partial charge in [0.15, 0.2) is 11.5 Å². The molecule has 0 saturated carbocycles. The summed E-state index contributed by atoms with van der Waals surface area (Å²) in [5.41, 5.74) is 1.61. The van der Waals surface area contributed by atoms with Crippen molar-refractivity contribution < 1.29 is 14.7 Å². The van der Waals surface area contributed by atoms with E-state index in [4.69, 9.17) is 10.6 Å². The van der Waals surface area contributed by atoms with Crippen molar-refractivity contribution in [3.05, 3.63) is 23.3 Å². The molecular formula is C9H13NO3. The first-order valence-electron chi connectivity index (χ1n) is 3.87. The number of benzene rings is 1. The molecule has 0 radical (unpaired) electrons. The summed E-state index contributed by atoms with van der Waals surface area (Å²) in [5.74, 6) is 5.44. The van der Waals surface area contributed by atoms with Crippen LogP contribution in [0.25, 0.3) is 0 Å². The van der Waals surface area contributed by atoms with E-state index in [2.05, 4.69) is 4.84 Å². The Morgan fingerprint density at radius 2 is 2.15 bits per heavy atom.